The van der Waals surface area contributed by atoms with Gasteiger partial charge in [0.05, 0.1) is 34.4 Å². The molecule has 0 radical (unpaired) electrons. The van der Waals surface area contributed by atoms with E-state index in [1.807, 2.05) is 31.2 Å². The maximum absolute atomic E-state index is 15.1. The third-order valence-corrected chi connectivity index (χ3v) is 13.4. The molecule has 17 heteroatoms. The molecule has 1 amide bonds. The van der Waals surface area contributed by atoms with E-state index in [9.17, 15) is 41.4 Å². The number of rotatable bonds is 15. The summed E-state index contributed by atoms with van der Waals surface area (Å²) in [7, 11) is 1.56. The van der Waals surface area contributed by atoms with Crippen LogP contribution in [0.2, 0.25) is 0 Å². The number of methoxy groups -OCH3 is 1. The Balaban J connectivity index is 1.29. The molecule has 4 heterocycles. The summed E-state index contributed by atoms with van der Waals surface area (Å²) in [6.45, 7) is 4.01. The SMILES string of the molecule is CCCC1N(C(O)c2ncccc2C(F)(F)F)CCCC1(Oc1csc(C(F)(F)F)c1)C(=O)N1CCC(OC)(c2ccccc2OC(C)CCC2(C(=O)O)CCC2)CC1. The van der Waals surface area contributed by atoms with Gasteiger partial charge in [-0.15, -0.1) is 11.3 Å². The smallest absolute Gasteiger partial charge is 0.425 e. The van der Waals surface area contributed by atoms with Crippen LogP contribution in [-0.2, 0) is 32.3 Å². The maximum Gasteiger partial charge on any atom is 0.425 e. The standard InChI is InChI=1S/C42H51F6N3O7S/c1-4-10-32-40(58-28-25-33(59-26-28)42(46,47)48,17-9-22-51(32)35(52)34-30(41(43,44)45)12-7-21-49-34)36(53)50-23-19-39(56-3,20-24-50)29-11-5-6-13-31(29)57-27(2)14-18-38(37(54)55)15-8-16-38/h5-7,11-13,21,25-27,32,35,52H,4,8-10,14-20,22-24H2,1-3H3,(H,54,55). The van der Waals surface area contributed by atoms with Crippen LogP contribution < -0.4 is 9.47 Å². The lowest BCUT2D eigenvalue weighted by Crippen LogP contribution is -2.68. The number of likely N-dealkylation sites (tertiary alicyclic amines) is 2. The number of carboxylic acids is 1. The van der Waals surface area contributed by atoms with Crippen molar-refractivity contribution in [3.8, 4) is 11.5 Å². The fourth-order valence-electron chi connectivity index (χ4n) is 9.04. The number of amides is 1. The van der Waals surface area contributed by atoms with Crippen molar-refractivity contribution in [3.05, 3.63) is 75.7 Å². The van der Waals surface area contributed by atoms with Crippen molar-refractivity contribution in [3.63, 3.8) is 0 Å². The van der Waals surface area contributed by atoms with Gasteiger partial charge in [-0.25, -0.2) is 0 Å². The molecule has 4 unspecified atom stereocenters. The second kappa shape index (κ2) is 17.6. The molecule has 0 spiro atoms. The van der Waals surface area contributed by atoms with Crippen LogP contribution in [0, 0.1) is 5.41 Å². The van der Waals surface area contributed by atoms with Crippen molar-refractivity contribution in [2.24, 2.45) is 5.41 Å². The number of nitrogens with zero attached hydrogens (tertiary/aromatic N) is 3. The van der Waals surface area contributed by atoms with Crippen molar-refractivity contribution in [1.82, 2.24) is 14.8 Å². The van der Waals surface area contributed by atoms with Gasteiger partial charge in [0.15, 0.2) is 6.23 Å². The van der Waals surface area contributed by atoms with Crippen LogP contribution in [-0.4, -0.2) is 81.4 Å². The Hall–Kier alpha value is -3.93. The third kappa shape index (κ3) is 9.08. The number of alkyl halides is 6. The number of aliphatic hydroxyl groups is 1. The van der Waals surface area contributed by atoms with Gasteiger partial charge >= 0.3 is 18.3 Å². The van der Waals surface area contributed by atoms with Gasteiger partial charge in [-0.3, -0.25) is 19.5 Å². The summed E-state index contributed by atoms with van der Waals surface area (Å²) in [5.74, 6) is -0.996. The molecule has 59 heavy (non-hydrogen) atoms. The predicted molar refractivity (Wildman–Crippen MR) is 206 cm³/mol. The minimum Gasteiger partial charge on any atom is -0.490 e. The number of carbonyl (C=O) groups excluding carboxylic acids is 1. The molecule has 6 rings (SSSR count). The number of hydrogen-bond acceptors (Lipinski definition) is 9. The van der Waals surface area contributed by atoms with E-state index in [0.717, 1.165) is 41.8 Å². The minimum atomic E-state index is -4.85. The number of halogens is 6. The molecule has 2 aromatic heterocycles. The van der Waals surface area contributed by atoms with Crippen molar-refractivity contribution in [1.29, 1.82) is 0 Å². The molecule has 3 aliphatic rings. The largest absolute Gasteiger partial charge is 0.490 e. The summed E-state index contributed by atoms with van der Waals surface area (Å²) in [6.07, 6.45) is -6.13. The number of hydrogen-bond donors (Lipinski definition) is 2. The molecular weight excluding hydrogens is 805 g/mol. The highest BCUT2D eigenvalue weighted by molar-refractivity contribution is 7.10. The average molecular weight is 856 g/mol. The van der Waals surface area contributed by atoms with Crippen LogP contribution in [0.4, 0.5) is 26.3 Å². The minimum absolute atomic E-state index is 0.0227. The molecule has 1 aromatic carbocycles. The van der Waals surface area contributed by atoms with E-state index in [0.29, 0.717) is 49.2 Å². The van der Waals surface area contributed by atoms with Crippen LogP contribution in [0.5, 0.6) is 11.5 Å². The Morgan fingerprint density at radius 3 is 2.29 bits per heavy atom. The maximum atomic E-state index is 15.1. The van der Waals surface area contributed by atoms with Crippen LogP contribution in [0.1, 0.15) is 112 Å². The van der Waals surface area contributed by atoms with E-state index < -0.39 is 69.3 Å². The van der Waals surface area contributed by atoms with Gasteiger partial charge in [0.25, 0.3) is 5.91 Å². The third-order valence-electron chi connectivity index (χ3n) is 12.4. The normalized spacial score (nSPS) is 23.2. The number of carboxylic acid groups (broad SMARTS) is 1. The number of carbonyl (C=O) groups is 2. The fourth-order valence-corrected chi connectivity index (χ4v) is 9.72. The molecular formula is C42H51F6N3O7S. The number of pyridine rings is 1. The Bertz CT molecular complexity index is 1930. The topological polar surface area (TPSA) is 122 Å². The molecule has 3 aromatic rings. The first-order valence-corrected chi connectivity index (χ1v) is 20.9. The summed E-state index contributed by atoms with van der Waals surface area (Å²) in [5, 5.41) is 22.7. The number of aromatic nitrogens is 1. The van der Waals surface area contributed by atoms with Gasteiger partial charge in [-0.05, 0) is 82.9 Å². The Morgan fingerprint density at radius 2 is 1.69 bits per heavy atom. The summed E-state index contributed by atoms with van der Waals surface area (Å²) >= 11 is 0.402. The number of ether oxygens (including phenoxy) is 3. The zero-order chi connectivity index (χ0) is 42.8. The lowest BCUT2D eigenvalue weighted by Gasteiger charge is -2.52. The van der Waals surface area contributed by atoms with Crippen molar-refractivity contribution in [2.75, 3.05) is 26.7 Å². The number of aliphatic hydroxyl groups excluding tert-OH is 1. The summed E-state index contributed by atoms with van der Waals surface area (Å²) < 4.78 is 103. The van der Waals surface area contributed by atoms with Gasteiger partial charge in [-0.1, -0.05) is 38.0 Å². The van der Waals surface area contributed by atoms with E-state index >= 15 is 4.79 Å². The van der Waals surface area contributed by atoms with E-state index in [4.69, 9.17) is 14.2 Å². The summed E-state index contributed by atoms with van der Waals surface area (Å²) in [5.41, 5.74) is -4.59. The van der Waals surface area contributed by atoms with Crippen molar-refractivity contribution >= 4 is 23.2 Å². The van der Waals surface area contributed by atoms with Crippen LogP contribution >= 0.6 is 11.3 Å². The first kappa shape index (κ1) is 44.6. The average Bonchev–Trinajstić information content (AvgIpc) is 3.67. The summed E-state index contributed by atoms with van der Waals surface area (Å²) in [4.78, 5) is 33.0. The monoisotopic (exact) mass is 855 g/mol. The van der Waals surface area contributed by atoms with Crippen molar-refractivity contribution in [2.45, 2.75) is 126 Å². The second-order valence-electron chi connectivity index (χ2n) is 16.0. The van der Waals surface area contributed by atoms with Crippen LogP contribution in [0.25, 0.3) is 0 Å². The van der Waals surface area contributed by atoms with E-state index in [-0.39, 0.29) is 63.6 Å². The van der Waals surface area contributed by atoms with E-state index in [2.05, 4.69) is 4.98 Å². The zero-order valence-corrected chi connectivity index (χ0v) is 34.1. The molecule has 4 atom stereocenters. The molecule has 3 fully saturated rings. The molecule has 1 aliphatic carbocycles. The predicted octanol–water partition coefficient (Wildman–Crippen LogP) is 9.22. The van der Waals surface area contributed by atoms with Gasteiger partial charge in [-0.2, -0.15) is 26.3 Å². The van der Waals surface area contributed by atoms with Gasteiger partial charge in [0, 0.05) is 50.0 Å². The number of para-hydroxylation sites is 1. The van der Waals surface area contributed by atoms with Crippen LogP contribution in [0.3, 0.4) is 0 Å². The van der Waals surface area contributed by atoms with Gasteiger partial charge in [0.1, 0.15) is 16.4 Å². The quantitative estimate of drug-likeness (QED) is 0.144. The highest BCUT2D eigenvalue weighted by atomic mass is 32.1. The highest BCUT2D eigenvalue weighted by Crippen LogP contribution is 2.48. The molecule has 2 N–H and O–H groups in total. The first-order chi connectivity index (χ1) is 27.9. The van der Waals surface area contributed by atoms with Gasteiger partial charge < -0.3 is 29.3 Å². The lowest BCUT2D eigenvalue weighted by molar-refractivity contribution is -0.178. The number of piperidine rings is 2. The van der Waals surface area contributed by atoms with Crippen molar-refractivity contribution < 1.29 is 60.4 Å². The molecule has 2 aliphatic heterocycles. The van der Waals surface area contributed by atoms with E-state index in [1.165, 1.54) is 4.90 Å². The molecule has 324 valence electrons. The Kier molecular flexibility index (Phi) is 13.3. The molecule has 0 bridgehead atoms. The zero-order valence-electron chi connectivity index (χ0n) is 33.3. The van der Waals surface area contributed by atoms with E-state index in [1.54, 1.807) is 18.9 Å². The molecule has 2 saturated heterocycles. The lowest BCUT2D eigenvalue weighted by atomic mass is 9.66. The number of benzene rings is 1. The Morgan fingerprint density at radius 1 is 0.983 bits per heavy atom. The fraction of sp³-hybridized carbons (Fsp3) is 0.595. The summed E-state index contributed by atoms with van der Waals surface area (Å²) in [6, 6.07) is 9.06. The Labute approximate surface area is 343 Å². The molecule has 10 nitrogen and oxygen atoms in total. The second-order valence-corrected chi connectivity index (χ2v) is 16.9. The number of aliphatic carboxylic acids is 1. The molecule has 1 saturated carbocycles. The number of thiophene rings is 1. The van der Waals surface area contributed by atoms with Gasteiger partial charge in [0.2, 0.25) is 5.60 Å². The first-order valence-electron chi connectivity index (χ1n) is 20.0. The van der Waals surface area contributed by atoms with Crippen LogP contribution in [0.15, 0.2) is 54.0 Å². The highest BCUT2D eigenvalue weighted by Gasteiger charge is 2.57.